The van der Waals surface area contributed by atoms with Crippen LogP contribution in [0.25, 0.3) is 0 Å². The number of anilines is 1. The van der Waals surface area contributed by atoms with Gasteiger partial charge < -0.3 is 15.7 Å². The van der Waals surface area contributed by atoms with Gasteiger partial charge in [-0.25, -0.2) is 8.78 Å². The minimum atomic E-state index is -0.692. The van der Waals surface area contributed by atoms with Crippen LogP contribution in [0.1, 0.15) is 24.8 Å². The first-order valence-corrected chi connectivity index (χ1v) is 6.61. The molecule has 1 aromatic rings. The van der Waals surface area contributed by atoms with Crippen LogP contribution in [0.4, 0.5) is 14.5 Å². The minimum Gasteiger partial charge on any atom is -0.394 e. The molecular weight excluding hydrogens is 270 g/mol. The fraction of sp³-hybridized carbons (Fsp3) is 0.462. The third-order valence-corrected chi connectivity index (χ3v) is 3.66. The molecule has 3 nitrogen and oxygen atoms in total. The minimum absolute atomic E-state index is 0.0401. The van der Waals surface area contributed by atoms with E-state index < -0.39 is 11.6 Å². The highest BCUT2D eigenvalue weighted by Crippen LogP contribution is 2.30. The maximum atomic E-state index is 14.1. The molecule has 1 unspecified atom stereocenters. The van der Waals surface area contributed by atoms with Crippen molar-refractivity contribution in [2.75, 3.05) is 18.1 Å². The van der Waals surface area contributed by atoms with Gasteiger partial charge in [-0.05, 0) is 31.4 Å². The highest BCUT2D eigenvalue weighted by Gasteiger charge is 2.27. The van der Waals surface area contributed by atoms with Gasteiger partial charge in [-0.1, -0.05) is 12.2 Å². The van der Waals surface area contributed by atoms with E-state index in [-0.39, 0.29) is 28.9 Å². The zero-order valence-electron chi connectivity index (χ0n) is 10.4. The lowest BCUT2D eigenvalue weighted by Gasteiger charge is -2.36. The molecule has 104 valence electrons. The molecule has 1 fully saturated rings. The molecule has 1 aliphatic heterocycles. The number of thiocarbonyl (C=S) groups is 1. The molecule has 2 rings (SSSR count). The van der Waals surface area contributed by atoms with Crippen LogP contribution in [-0.2, 0) is 0 Å². The maximum absolute atomic E-state index is 14.1. The van der Waals surface area contributed by atoms with E-state index in [9.17, 15) is 13.9 Å². The summed E-state index contributed by atoms with van der Waals surface area (Å²) < 4.78 is 28.2. The Kier molecular flexibility index (Phi) is 4.31. The molecule has 0 radical (unpaired) electrons. The molecule has 1 saturated heterocycles. The maximum Gasteiger partial charge on any atom is 0.150 e. The largest absolute Gasteiger partial charge is 0.394 e. The molecule has 3 N–H and O–H groups in total. The van der Waals surface area contributed by atoms with Crippen molar-refractivity contribution in [3.63, 3.8) is 0 Å². The molecule has 0 bridgehead atoms. The Morgan fingerprint density at radius 2 is 2.00 bits per heavy atom. The second-order valence-corrected chi connectivity index (χ2v) is 5.12. The van der Waals surface area contributed by atoms with Crippen LogP contribution in [0, 0.1) is 11.6 Å². The molecule has 1 aromatic carbocycles. The highest BCUT2D eigenvalue weighted by atomic mass is 32.1. The molecular formula is C13H16F2N2OS. The number of rotatable bonds is 3. The van der Waals surface area contributed by atoms with Gasteiger partial charge in [0.05, 0.1) is 12.6 Å². The van der Waals surface area contributed by atoms with Gasteiger partial charge in [0.25, 0.3) is 0 Å². The van der Waals surface area contributed by atoms with E-state index in [0.29, 0.717) is 6.54 Å². The average Bonchev–Trinajstić information content (AvgIpc) is 2.38. The summed E-state index contributed by atoms with van der Waals surface area (Å²) in [5, 5.41) is 9.32. The van der Waals surface area contributed by atoms with E-state index in [4.69, 9.17) is 18.0 Å². The van der Waals surface area contributed by atoms with Gasteiger partial charge >= 0.3 is 0 Å². The summed E-state index contributed by atoms with van der Waals surface area (Å²) in [6, 6.07) is 2.04. The molecule has 19 heavy (non-hydrogen) atoms. The van der Waals surface area contributed by atoms with E-state index >= 15 is 0 Å². The number of piperidine rings is 1. The number of halogens is 2. The van der Waals surface area contributed by atoms with Crippen molar-refractivity contribution in [2.45, 2.75) is 25.3 Å². The van der Waals surface area contributed by atoms with Crippen LogP contribution in [0.2, 0.25) is 0 Å². The predicted molar refractivity (Wildman–Crippen MR) is 74.3 cm³/mol. The van der Waals surface area contributed by atoms with Crippen LogP contribution >= 0.6 is 12.2 Å². The predicted octanol–water partition coefficient (Wildman–Crippen LogP) is 1.95. The van der Waals surface area contributed by atoms with Crippen molar-refractivity contribution >= 4 is 22.9 Å². The van der Waals surface area contributed by atoms with Crippen LogP contribution in [0.15, 0.2) is 12.1 Å². The molecule has 0 amide bonds. The smallest absolute Gasteiger partial charge is 0.150 e. The van der Waals surface area contributed by atoms with Crippen LogP contribution in [0.3, 0.4) is 0 Å². The Bertz CT molecular complexity index is 473. The van der Waals surface area contributed by atoms with Gasteiger partial charge in [0, 0.05) is 12.1 Å². The summed E-state index contributed by atoms with van der Waals surface area (Å²) in [5.74, 6) is -1.38. The van der Waals surface area contributed by atoms with Crippen LogP contribution in [-0.4, -0.2) is 29.3 Å². The Labute approximate surface area is 116 Å². The van der Waals surface area contributed by atoms with Crippen molar-refractivity contribution < 1.29 is 13.9 Å². The normalized spacial score (nSPS) is 19.5. The third kappa shape index (κ3) is 2.84. The quantitative estimate of drug-likeness (QED) is 0.834. The standard InChI is InChI=1S/C13H16F2N2OS/c14-10-5-8(13(16)19)6-11(15)12(10)17-4-2-1-3-9(17)7-18/h5-6,9,18H,1-4,7H2,(H2,16,19). The number of benzene rings is 1. The van der Waals surface area contributed by atoms with E-state index in [0.717, 1.165) is 31.4 Å². The number of nitrogens with zero attached hydrogens (tertiary/aromatic N) is 1. The van der Waals surface area contributed by atoms with Crippen molar-refractivity contribution in [3.05, 3.63) is 29.3 Å². The molecule has 0 spiro atoms. The monoisotopic (exact) mass is 286 g/mol. The van der Waals surface area contributed by atoms with E-state index in [2.05, 4.69) is 0 Å². The lowest BCUT2D eigenvalue weighted by Crippen LogP contribution is -2.43. The second kappa shape index (κ2) is 5.79. The molecule has 6 heteroatoms. The van der Waals surface area contributed by atoms with Gasteiger partial charge in [0.1, 0.15) is 22.3 Å². The van der Waals surface area contributed by atoms with Crippen molar-refractivity contribution in [1.82, 2.24) is 0 Å². The molecule has 0 aromatic heterocycles. The fourth-order valence-electron chi connectivity index (χ4n) is 2.47. The number of aliphatic hydroxyl groups excluding tert-OH is 1. The number of nitrogens with two attached hydrogens (primary N) is 1. The number of aliphatic hydroxyl groups is 1. The first-order chi connectivity index (χ1) is 9.04. The third-order valence-electron chi connectivity index (χ3n) is 3.43. The summed E-state index contributed by atoms with van der Waals surface area (Å²) in [6.07, 6.45) is 2.54. The molecule has 1 aliphatic rings. The molecule has 0 aliphatic carbocycles. The Morgan fingerprint density at radius 1 is 1.37 bits per heavy atom. The summed E-state index contributed by atoms with van der Waals surface area (Å²) in [4.78, 5) is 1.55. The summed E-state index contributed by atoms with van der Waals surface area (Å²) in [5.41, 5.74) is 5.45. The lowest BCUT2D eigenvalue weighted by molar-refractivity contribution is 0.238. The zero-order chi connectivity index (χ0) is 14.0. The second-order valence-electron chi connectivity index (χ2n) is 4.68. The summed E-state index contributed by atoms with van der Waals surface area (Å²) >= 11 is 4.72. The SMILES string of the molecule is NC(=S)c1cc(F)c(N2CCCCC2CO)c(F)c1. The van der Waals surface area contributed by atoms with E-state index in [1.54, 1.807) is 4.90 Å². The van der Waals surface area contributed by atoms with Gasteiger partial charge in [0.2, 0.25) is 0 Å². The van der Waals surface area contributed by atoms with Crippen molar-refractivity contribution in [3.8, 4) is 0 Å². The Balaban J connectivity index is 2.41. The molecule has 1 heterocycles. The van der Waals surface area contributed by atoms with Gasteiger partial charge in [-0.3, -0.25) is 0 Å². The summed E-state index contributed by atoms with van der Waals surface area (Å²) in [7, 11) is 0. The van der Waals surface area contributed by atoms with Crippen molar-refractivity contribution in [2.24, 2.45) is 5.73 Å². The van der Waals surface area contributed by atoms with E-state index in [1.807, 2.05) is 0 Å². The summed E-state index contributed by atoms with van der Waals surface area (Å²) in [6.45, 7) is 0.418. The van der Waals surface area contributed by atoms with Crippen LogP contribution in [0.5, 0.6) is 0 Å². The first-order valence-electron chi connectivity index (χ1n) is 6.21. The first kappa shape index (κ1) is 14.1. The van der Waals surface area contributed by atoms with E-state index in [1.165, 1.54) is 0 Å². The average molecular weight is 286 g/mol. The van der Waals surface area contributed by atoms with Gasteiger partial charge in [-0.2, -0.15) is 0 Å². The van der Waals surface area contributed by atoms with Gasteiger partial charge in [0.15, 0.2) is 0 Å². The lowest BCUT2D eigenvalue weighted by atomic mass is 10.0. The highest BCUT2D eigenvalue weighted by molar-refractivity contribution is 7.80. The number of hydrogen-bond donors (Lipinski definition) is 2. The Morgan fingerprint density at radius 3 is 2.53 bits per heavy atom. The molecule has 1 atom stereocenters. The van der Waals surface area contributed by atoms with Gasteiger partial charge in [-0.15, -0.1) is 0 Å². The molecule has 0 saturated carbocycles. The van der Waals surface area contributed by atoms with Crippen molar-refractivity contribution in [1.29, 1.82) is 0 Å². The zero-order valence-corrected chi connectivity index (χ0v) is 11.2. The topological polar surface area (TPSA) is 49.5 Å². The number of hydrogen-bond acceptors (Lipinski definition) is 3. The Hall–Kier alpha value is -1.27. The fourth-order valence-corrected chi connectivity index (χ4v) is 2.58. The van der Waals surface area contributed by atoms with Crippen LogP contribution < -0.4 is 10.6 Å².